The highest BCUT2D eigenvalue weighted by Gasteiger charge is 2.25. The number of fused-ring (bicyclic) bond motifs is 1. The van der Waals surface area contributed by atoms with Gasteiger partial charge in [-0.3, -0.25) is 4.79 Å². The van der Waals surface area contributed by atoms with Gasteiger partial charge in [-0.15, -0.1) is 12.4 Å². The van der Waals surface area contributed by atoms with E-state index < -0.39 is 0 Å². The predicted octanol–water partition coefficient (Wildman–Crippen LogP) is 4.99. The molecule has 1 aromatic carbocycles. The molecule has 0 aliphatic carbocycles. The van der Waals surface area contributed by atoms with Crippen molar-refractivity contribution in [1.29, 1.82) is 0 Å². The number of rotatable bonds is 5. The Kier molecular flexibility index (Phi) is 7.40. The second-order valence-electron chi connectivity index (χ2n) is 8.04. The third kappa shape index (κ3) is 4.72. The summed E-state index contributed by atoms with van der Waals surface area (Å²) in [5.41, 5.74) is 3.36. The molecule has 0 spiro atoms. The van der Waals surface area contributed by atoms with Gasteiger partial charge in [-0.25, -0.2) is 9.97 Å². The van der Waals surface area contributed by atoms with Crippen LogP contribution in [0.15, 0.2) is 36.5 Å². The number of hydrogen-bond acceptors (Lipinski definition) is 6. The number of hydrogen-bond donors (Lipinski definition) is 1. The number of anilines is 2. The molecular formula is C24H29ClN4O3. The summed E-state index contributed by atoms with van der Waals surface area (Å²) in [6, 6.07) is 9.40. The van der Waals surface area contributed by atoms with Gasteiger partial charge in [0.25, 0.3) is 5.91 Å². The van der Waals surface area contributed by atoms with Gasteiger partial charge in [0, 0.05) is 36.4 Å². The highest BCUT2D eigenvalue weighted by Crippen LogP contribution is 2.36. The van der Waals surface area contributed by atoms with E-state index in [1.54, 1.807) is 20.4 Å². The summed E-state index contributed by atoms with van der Waals surface area (Å²) in [6.07, 6.45) is 3.66. The van der Waals surface area contributed by atoms with Crippen LogP contribution in [0.5, 0.6) is 11.5 Å². The first-order chi connectivity index (χ1) is 15.0. The number of halogens is 1. The number of nitrogens with one attached hydrogen (secondary N) is 1. The van der Waals surface area contributed by atoms with E-state index in [0.29, 0.717) is 40.0 Å². The number of methoxy groups -OCH3 is 2. The summed E-state index contributed by atoms with van der Waals surface area (Å²) < 4.78 is 10.9. The number of carbonyl (C=O) groups excluding carboxylic acids is 1. The first kappa shape index (κ1) is 23.6. The van der Waals surface area contributed by atoms with Crippen molar-refractivity contribution in [1.82, 2.24) is 14.9 Å². The molecule has 3 heterocycles. The molecule has 4 rings (SSSR count). The minimum atomic E-state index is -0.0220. The Hall–Kier alpha value is -3.06. The second kappa shape index (κ2) is 10.0. The number of nitrogens with zero attached hydrogens (tertiary/aromatic N) is 3. The van der Waals surface area contributed by atoms with Crippen molar-refractivity contribution in [2.75, 3.05) is 32.6 Å². The Bertz CT molecular complexity index is 1110. The van der Waals surface area contributed by atoms with Gasteiger partial charge >= 0.3 is 0 Å². The maximum absolute atomic E-state index is 13.5. The number of amides is 1. The molecular weight excluding hydrogens is 428 g/mol. The molecule has 1 fully saturated rings. The Labute approximate surface area is 194 Å². The summed E-state index contributed by atoms with van der Waals surface area (Å²) in [4.78, 5) is 24.4. The molecule has 0 unspecified atom stereocenters. The van der Waals surface area contributed by atoms with E-state index >= 15 is 0 Å². The first-order valence-electron chi connectivity index (χ1n) is 10.5. The molecule has 7 nitrogen and oxygen atoms in total. The van der Waals surface area contributed by atoms with Crippen molar-refractivity contribution in [2.45, 2.75) is 26.7 Å². The lowest BCUT2D eigenvalue weighted by Gasteiger charge is -2.31. The van der Waals surface area contributed by atoms with Gasteiger partial charge < -0.3 is 19.7 Å². The molecule has 1 N–H and O–H groups in total. The number of piperidine rings is 1. The average molecular weight is 457 g/mol. The van der Waals surface area contributed by atoms with E-state index in [9.17, 15) is 4.79 Å². The molecule has 1 amide bonds. The van der Waals surface area contributed by atoms with Crippen LogP contribution in [0.2, 0.25) is 0 Å². The standard InChI is InChI=1S/C24H28N4O3.ClH/c1-15-9-11-28(12-10-15)24(29)19-14-25-23-18(7-5-16(2)26-23)22(19)27-20-13-17(30-3)6-8-21(20)31-4;/h5-8,13-15H,9-12H2,1-4H3,(H,25,26,27);1H. The van der Waals surface area contributed by atoms with Crippen LogP contribution < -0.4 is 14.8 Å². The molecule has 8 heteroatoms. The van der Waals surface area contributed by atoms with E-state index in [-0.39, 0.29) is 18.3 Å². The molecule has 0 bridgehead atoms. The number of carbonyl (C=O) groups is 1. The van der Waals surface area contributed by atoms with E-state index in [1.165, 1.54) is 0 Å². The molecule has 1 aliphatic heterocycles. The maximum Gasteiger partial charge on any atom is 0.257 e. The van der Waals surface area contributed by atoms with Crippen molar-refractivity contribution < 1.29 is 14.3 Å². The van der Waals surface area contributed by atoms with Crippen LogP contribution >= 0.6 is 12.4 Å². The zero-order chi connectivity index (χ0) is 22.0. The van der Waals surface area contributed by atoms with Crippen LogP contribution in [0.25, 0.3) is 11.0 Å². The van der Waals surface area contributed by atoms with Gasteiger partial charge in [0.1, 0.15) is 11.5 Å². The number of aromatic nitrogens is 2. The van der Waals surface area contributed by atoms with E-state index in [0.717, 1.165) is 37.0 Å². The van der Waals surface area contributed by atoms with Gasteiger partial charge in [0.15, 0.2) is 5.65 Å². The highest BCUT2D eigenvalue weighted by atomic mass is 35.5. The normalized spacial score (nSPS) is 14.1. The van der Waals surface area contributed by atoms with Crippen molar-refractivity contribution in [2.24, 2.45) is 5.92 Å². The fourth-order valence-corrected chi connectivity index (χ4v) is 3.90. The third-order valence-corrected chi connectivity index (χ3v) is 5.84. The molecule has 0 saturated carbocycles. The van der Waals surface area contributed by atoms with Crippen molar-refractivity contribution in [3.63, 3.8) is 0 Å². The Morgan fingerprint density at radius 3 is 2.56 bits per heavy atom. The first-order valence-corrected chi connectivity index (χ1v) is 10.5. The van der Waals surface area contributed by atoms with Crippen molar-refractivity contribution >= 4 is 40.7 Å². The van der Waals surface area contributed by atoms with Crippen molar-refractivity contribution in [3.8, 4) is 11.5 Å². The molecule has 0 atom stereocenters. The summed E-state index contributed by atoms with van der Waals surface area (Å²) in [7, 11) is 3.23. The molecule has 32 heavy (non-hydrogen) atoms. The third-order valence-electron chi connectivity index (χ3n) is 5.84. The second-order valence-corrected chi connectivity index (χ2v) is 8.04. The van der Waals surface area contributed by atoms with Gasteiger partial charge in [-0.1, -0.05) is 6.92 Å². The lowest BCUT2D eigenvalue weighted by atomic mass is 9.98. The van der Waals surface area contributed by atoms with Crippen LogP contribution in [0.3, 0.4) is 0 Å². The molecule has 3 aromatic rings. The molecule has 170 valence electrons. The van der Waals surface area contributed by atoms with Crippen LogP contribution in [0, 0.1) is 12.8 Å². The number of aryl methyl sites for hydroxylation is 1. The van der Waals surface area contributed by atoms with Crippen LogP contribution in [0.4, 0.5) is 11.4 Å². The zero-order valence-corrected chi connectivity index (χ0v) is 19.7. The number of pyridine rings is 2. The Balaban J connectivity index is 0.00000289. The predicted molar refractivity (Wildman–Crippen MR) is 129 cm³/mol. The van der Waals surface area contributed by atoms with Gasteiger partial charge in [0.05, 0.1) is 31.2 Å². The van der Waals surface area contributed by atoms with E-state index in [1.807, 2.05) is 42.2 Å². The number of likely N-dealkylation sites (tertiary alicyclic amines) is 1. The zero-order valence-electron chi connectivity index (χ0n) is 18.8. The SMILES string of the molecule is COc1ccc(OC)c(Nc2c(C(=O)N3CCC(C)CC3)cnc3nc(C)ccc23)c1.Cl. The lowest BCUT2D eigenvalue weighted by Crippen LogP contribution is -2.38. The van der Waals surface area contributed by atoms with Crippen LogP contribution in [-0.2, 0) is 0 Å². The van der Waals surface area contributed by atoms with Gasteiger partial charge in [0.2, 0.25) is 0 Å². The van der Waals surface area contributed by atoms with E-state index in [2.05, 4.69) is 22.2 Å². The number of benzene rings is 1. The lowest BCUT2D eigenvalue weighted by molar-refractivity contribution is 0.0698. The molecule has 2 aromatic heterocycles. The van der Waals surface area contributed by atoms with E-state index in [4.69, 9.17) is 9.47 Å². The van der Waals surface area contributed by atoms with Gasteiger partial charge in [-0.2, -0.15) is 0 Å². The summed E-state index contributed by atoms with van der Waals surface area (Å²) in [5.74, 6) is 1.96. The fraction of sp³-hybridized carbons (Fsp3) is 0.375. The Morgan fingerprint density at radius 2 is 1.88 bits per heavy atom. The quantitative estimate of drug-likeness (QED) is 0.582. The van der Waals surface area contributed by atoms with Crippen LogP contribution in [0.1, 0.15) is 35.8 Å². The highest BCUT2D eigenvalue weighted by molar-refractivity contribution is 6.07. The molecule has 0 radical (unpaired) electrons. The molecule has 1 saturated heterocycles. The largest absolute Gasteiger partial charge is 0.497 e. The smallest absolute Gasteiger partial charge is 0.257 e. The molecule has 1 aliphatic rings. The summed E-state index contributed by atoms with van der Waals surface area (Å²) in [6.45, 7) is 5.67. The number of ether oxygens (including phenoxy) is 2. The minimum Gasteiger partial charge on any atom is -0.497 e. The fourth-order valence-electron chi connectivity index (χ4n) is 3.90. The Morgan fingerprint density at radius 1 is 1.12 bits per heavy atom. The summed E-state index contributed by atoms with van der Waals surface area (Å²) >= 11 is 0. The minimum absolute atomic E-state index is 0. The maximum atomic E-state index is 13.5. The van der Waals surface area contributed by atoms with Crippen molar-refractivity contribution in [3.05, 3.63) is 47.8 Å². The monoisotopic (exact) mass is 456 g/mol. The average Bonchev–Trinajstić information content (AvgIpc) is 2.79. The topological polar surface area (TPSA) is 76.6 Å². The van der Waals surface area contributed by atoms with Gasteiger partial charge in [-0.05, 0) is 49.9 Å². The van der Waals surface area contributed by atoms with Crippen LogP contribution in [-0.4, -0.2) is 48.1 Å². The summed E-state index contributed by atoms with van der Waals surface area (Å²) in [5, 5.41) is 4.21.